The normalized spacial score (nSPS) is 11.5. The molecule has 0 saturated carbocycles. The fourth-order valence-electron chi connectivity index (χ4n) is 2.61. The highest BCUT2D eigenvalue weighted by Gasteiger charge is 2.34. The number of aliphatic hydroxyl groups is 1. The van der Waals surface area contributed by atoms with Crippen molar-refractivity contribution >= 4 is 17.6 Å². The summed E-state index contributed by atoms with van der Waals surface area (Å²) in [6.45, 7) is -0.811. The van der Waals surface area contributed by atoms with Gasteiger partial charge < -0.3 is 14.9 Å². The number of rotatable bonds is 6. The molecule has 0 radical (unpaired) electrons. The van der Waals surface area contributed by atoms with Crippen LogP contribution in [0, 0.1) is 0 Å². The molecule has 0 heterocycles. The number of carbonyl (C=O) groups excluding carboxylic acids is 3. The molecule has 2 amide bonds. The number of amides is 2. The number of nitrogens with zero attached hydrogens (tertiary/aromatic N) is 2. The Bertz CT molecular complexity index is 785. The molecule has 0 aliphatic carbocycles. The molecule has 0 fully saturated rings. The first kappa shape index (κ1) is 19.3. The summed E-state index contributed by atoms with van der Waals surface area (Å²) in [6, 6.07) is 15.3. The maximum absolute atomic E-state index is 12.7. The third-order valence-corrected chi connectivity index (χ3v) is 4.08. The van der Waals surface area contributed by atoms with Crippen LogP contribution < -0.4 is 0 Å². The van der Waals surface area contributed by atoms with E-state index >= 15 is 0 Å². The van der Waals surface area contributed by atoms with E-state index in [4.69, 9.17) is 5.11 Å². The van der Waals surface area contributed by atoms with Gasteiger partial charge in [-0.05, 0) is 23.3 Å². The van der Waals surface area contributed by atoms with Gasteiger partial charge in [0.25, 0.3) is 11.8 Å². The van der Waals surface area contributed by atoms with Gasteiger partial charge in [0.05, 0.1) is 0 Å². The summed E-state index contributed by atoms with van der Waals surface area (Å²) < 4.78 is 0. The van der Waals surface area contributed by atoms with Crippen molar-refractivity contribution in [1.29, 1.82) is 0 Å². The lowest BCUT2D eigenvalue weighted by Crippen LogP contribution is -2.52. The highest BCUT2D eigenvalue weighted by Crippen LogP contribution is 2.20. The van der Waals surface area contributed by atoms with E-state index in [1.54, 1.807) is 12.1 Å². The predicted octanol–water partition coefficient (Wildman–Crippen LogP) is 1.44. The molecular weight excluding hydrogens is 332 g/mol. The van der Waals surface area contributed by atoms with Crippen LogP contribution in [0.4, 0.5) is 0 Å². The Kier molecular flexibility index (Phi) is 6.25. The second-order valence-electron chi connectivity index (χ2n) is 6.12. The number of benzene rings is 2. The zero-order valence-electron chi connectivity index (χ0n) is 15.0. The van der Waals surface area contributed by atoms with E-state index in [0.29, 0.717) is 5.56 Å². The molecule has 0 saturated heterocycles. The molecular formula is C20H22N2O4. The maximum Gasteiger partial charge on any atom is 0.254 e. The van der Waals surface area contributed by atoms with Gasteiger partial charge in [0, 0.05) is 26.7 Å². The Balaban J connectivity index is 2.25. The van der Waals surface area contributed by atoms with Crippen molar-refractivity contribution in [2.75, 3.05) is 27.7 Å². The standard InChI is InChI=1S/C20H22N2O4/c1-21(2)20(26)18(17(24)13-23)22(3)19(25)16-11-9-15(10-12-16)14-7-5-4-6-8-14/h4-12,18,23H,13H2,1-3H3. The Labute approximate surface area is 152 Å². The van der Waals surface area contributed by atoms with Gasteiger partial charge in [0.2, 0.25) is 0 Å². The van der Waals surface area contributed by atoms with Crippen molar-refractivity contribution in [3.63, 3.8) is 0 Å². The van der Waals surface area contributed by atoms with Crippen molar-refractivity contribution in [1.82, 2.24) is 9.80 Å². The molecule has 2 aromatic carbocycles. The van der Waals surface area contributed by atoms with Gasteiger partial charge in [0.15, 0.2) is 11.8 Å². The van der Waals surface area contributed by atoms with Crippen LogP contribution in [-0.4, -0.2) is 66.3 Å². The van der Waals surface area contributed by atoms with Crippen molar-refractivity contribution in [2.24, 2.45) is 0 Å². The molecule has 0 aliphatic heterocycles. The molecule has 26 heavy (non-hydrogen) atoms. The maximum atomic E-state index is 12.7. The van der Waals surface area contributed by atoms with Crippen molar-refractivity contribution in [3.8, 4) is 11.1 Å². The highest BCUT2D eigenvalue weighted by molar-refractivity contribution is 6.10. The number of carbonyl (C=O) groups is 3. The fourth-order valence-corrected chi connectivity index (χ4v) is 2.61. The summed E-state index contributed by atoms with van der Waals surface area (Å²) in [4.78, 5) is 39.2. The SMILES string of the molecule is CN(C)C(=O)C(C(=O)CO)N(C)C(=O)c1ccc(-c2ccccc2)cc1. The van der Waals surface area contributed by atoms with Gasteiger partial charge in [-0.25, -0.2) is 0 Å². The molecule has 0 spiro atoms. The molecule has 6 nitrogen and oxygen atoms in total. The Morgan fingerprint density at radius 2 is 1.42 bits per heavy atom. The molecule has 1 unspecified atom stereocenters. The molecule has 0 bridgehead atoms. The van der Waals surface area contributed by atoms with Crippen LogP contribution in [0.3, 0.4) is 0 Å². The lowest BCUT2D eigenvalue weighted by Gasteiger charge is -2.28. The number of Topliss-reactive ketones (excluding diaryl/α,β-unsaturated/α-hetero) is 1. The van der Waals surface area contributed by atoms with Crippen molar-refractivity contribution < 1.29 is 19.5 Å². The summed E-state index contributed by atoms with van der Waals surface area (Å²) in [7, 11) is 4.37. The van der Waals surface area contributed by atoms with Gasteiger partial charge in [-0.1, -0.05) is 42.5 Å². The van der Waals surface area contributed by atoms with Crippen LogP contribution in [0.5, 0.6) is 0 Å². The van der Waals surface area contributed by atoms with Gasteiger partial charge in [-0.2, -0.15) is 0 Å². The van der Waals surface area contributed by atoms with Crippen LogP contribution in [0.15, 0.2) is 54.6 Å². The predicted molar refractivity (Wildman–Crippen MR) is 98.5 cm³/mol. The monoisotopic (exact) mass is 354 g/mol. The Hall–Kier alpha value is -2.99. The third-order valence-electron chi connectivity index (χ3n) is 4.08. The largest absolute Gasteiger partial charge is 0.388 e. The third kappa shape index (κ3) is 4.15. The number of hydrogen-bond donors (Lipinski definition) is 1. The molecule has 1 atom stereocenters. The first-order valence-electron chi connectivity index (χ1n) is 8.14. The van der Waals surface area contributed by atoms with Crippen LogP contribution in [-0.2, 0) is 9.59 Å². The average molecular weight is 354 g/mol. The molecule has 2 rings (SSSR count). The first-order chi connectivity index (χ1) is 12.4. The van der Waals surface area contributed by atoms with Gasteiger partial charge >= 0.3 is 0 Å². The minimum atomic E-state index is -1.35. The quantitative estimate of drug-likeness (QED) is 0.797. The number of hydrogen-bond acceptors (Lipinski definition) is 4. The molecule has 1 N–H and O–H groups in total. The zero-order valence-corrected chi connectivity index (χ0v) is 15.0. The van der Waals surface area contributed by atoms with E-state index in [-0.39, 0.29) is 0 Å². The fraction of sp³-hybridized carbons (Fsp3) is 0.250. The minimum Gasteiger partial charge on any atom is -0.388 e. The van der Waals surface area contributed by atoms with Gasteiger partial charge in [-0.3, -0.25) is 14.4 Å². The second-order valence-corrected chi connectivity index (χ2v) is 6.12. The van der Waals surface area contributed by atoms with E-state index < -0.39 is 30.2 Å². The molecule has 6 heteroatoms. The van der Waals surface area contributed by atoms with E-state index in [2.05, 4.69) is 0 Å². The average Bonchev–Trinajstić information content (AvgIpc) is 2.67. The summed E-state index contributed by atoms with van der Waals surface area (Å²) in [5.41, 5.74) is 2.34. The van der Waals surface area contributed by atoms with Crippen molar-refractivity contribution in [2.45, 2.75) is 6.04 Å². The zero-order chi connectivity index (χ0) is 19.3. The summed E-state index contributed by atoms with van der Waals surface area (Å²) in [6.07, 6.45) is 0. The number of aliphatic hydroxyl groups excluding tert-OH is 1. The van der Waals surface area contributed by atoms with Crippen LogP contribution in [0.1, 0.15) is 10.4 Å². The molecule has 2 aromatic rings. The highest BCUT2D eigenvalue weighted by atomic mass is 16.3. The summed E-state index contributed by atoms with van der Waals surface area (Å²) in [5, 5.41) is 9.14. The molecule has 136 valence electrons. The molecule has 0 aromatic heterocycles. The van der Waals surface area contributed by atoms with Crippen LogP contribution in [0.25, 0.3) is 11.1 Å². The van der Waals surface area contributed by atoms with Gasteiger partial charge in [0.1, 0.15) is 6.61 Å². The topological polar surface area (TPSA) is 77.9 Å². The van der Waals surface area contributed by atoms with E-state index in [9.17, 15) is 14.4 Å². The number of likely N-dealkylation sites (N-methyl/N-ethyl adjacent to an activating group) is 2. The summed E-state index contributed by atoms with van der Waals surface area (Å²) >= 11 is 0. The lowest BCUT2D eigenvalue weighted by atomic mass is 10.0. The smallest absolute Gasteiger partial charge is 0.254 e. The van der Waals surface area contributed by atoms with Gasteiger partial charge in [-0.15, -0.1) is 0 Å². The minimum absolute atomic E-state index is 0.356. The molecule has 0 aliphatic rings. The second kappa shape index (κ2) is 8.40. The first-order valence-corrected chi connectivity index (χ1v) is 8.14. The van der Waals surface area contributed by atoms with Crippen LogP contribution >= 0.6 is 0 Å². The van der Waals surface area contributed by atoms with E-state index in [0.717, 1.165) is 16.0 Å². The number of ketones is 1. The van der Waals surface area contributed by atoms with E-state index in [1.807, 2.05) is 42.5 Å². The van der Waals surface area contributed by atoms with Crippen LogP contribution in [0.2, 0.25) is 0 Å². The Morgan fingerprint density at radius 1 is 0.885 bits per heavy atom. The summed E-state index contributed by atoms with van der Waals surface area (Å²) in [5.74, 6) is -1.74. The lowest BCUT2D eigenvalue weighted by molar-refractivity contribution is -0.141. The van der Waals surface area contributed by atoms with E-state index in [1.165, 1.54) is 26.0 Å². The Morgan fingerprint density at radius 3 is 1.92 bits per heavy atom. The van der Waals surface area contributed by atoms with Crippen molar-refractivity contribution in [3.05, 3.63) is 60.2 Å².